The summed E-state index contributed by atoms with van der Waals surface area (Å²) in [5, 5.41) is 9.19. The largest absolute Gasteiger partial charge is 0.396 e. The summed E-state index contributed by atoms with van der Waals surface area (Å²) in [7, 11) is -3.41. The highest BCUT2D eigenvalue weighted by molar-refractivity contribution is 7.95. The van der Waals surface area contributed by atoms with Crippen molar-refractivity contribution in [3.8, 4) is 0 Å². The average molecular weight is 245 g/mol. The Labute approximate surface area is 92.9 Å². The number of aliphatic hydroxyl groups is 1. The van der Waals surface area contributed by atoms with Crippen molar-refractivity contribution < 1.29 is 13.5 Å². The highest BCUT2D eigenvalue weighted by atomic mass is 35.5. The summed E-state index contributed by atoms with van der Waals surface area (Å²) in [6, 6.07) is 4.78. The van der Waals surface area contributed by atoms with Gasteiger partial charge in [-0.15, -0.1) is 0 Å². The highest BCUT2D eigenvalue weighted by Crippen LogP contribution is 2.37. The summed E-state index contributed by atoms with van der Waals surface area (Å²) in [5.41, 5.74) is 0.530. The van der Waals surface area contributed by atoms with Crippen molar-refractivity contribution in [2.45, 2.75) is 11.3 Å². The SMILES string of the molecule is O=S1(=O)C(CCO)=Cc2c(Cl)cccc21. The molecule has 0 aliphatic carbocycles. The third-order valence-corrected chi connectivity index (χ3v) is 4.59. The Kier molecular flexibility index (Phi) is 2.58. The molecule has 0 aromatic heterocycles. The zero-order valence-corrected chi connectivity index (χ0v) is 9.35. The molecule has 80 valence electrons. The van der Waals surface area contributed by atoms with Gasteiger partial charge in [0.1, 0.15) is 0 Å². The molecule has 5 heteroatoms. The fraction of sp³-hybridized carbons (Fsp3) is 0.200. The number of hydrogen-bond acceptors (Lipinski definition) is 3. The third-order valence-electron chi connectivity index (χ3n) is 2.31. The Balaban J connectivity index is 2.64. The van der Waals surface area contributed by atoms with E-state index in [1.165, 1.54) is 12.1 Å². The molecule has 1 aromatic carbocycles. The van der Waals surface area contributed by atoms with Crippen LogP contribution in [-0.2, 0) is 9.84 Å². The molecule has 0 saturated heterocycles. The van der Waals surface area contributed by atoms with Crippen LogP contribution in [0.1, 0.15) is 12.0 Å². The van der Waals surface area contributed by atoms with Gasteiger partial charge in [0.25, 0.3) is 0 Å². The number of benzene rings is 1. The molecular weight excluding hydrogens is 236 g/mol. The second-order valence-electron chi connectivity index (χ2n) is 3.24. The molecule has 0 radical (unpaired) electrons. The monoisotopic (exact) mass is 244 g/mol. The van der Waals surface area contributed by atoms with Gasteiger partial charge in [-0.05, 0) is 18.2 Å². The molecule has 1 N–H and O–H groups in total. The smallest absolute Gasteiger partial charge is 0.203 e. The van der Waals surface area contributed by atoms with Crippen molar-refractivity contribution in [1.82, 2.24) is 0 Å². The molecule has 1 aromatic rings. The Hall–Kier alpha value is -0.840. The van der Waals surface area contributed by atoms with E-state index in [1.807, 2.05) is 0 Å². The van der Waals surface area contributed by atoms with Gasteiger partial charge < -0.3 is 5.11 Å². The van der Waals surface area contributed by atoms with Crippen LogP contribution in [0.2, 0.25) is 5.02 Å². The number of halogens is 1. The van der Waals surface area contributed by atoms with Gasteiger partial charge >= 0.3 is 0 Å². The number of sulfone groups is 1. The van der Waals surface area contributed by atoms with E-state index in [9.17, 15) is 8.42 Å². The molecule has 1 aliphatic rings. The lowest BCUT2D eigenvalue weighted by Gasteiger charge is -2.01. The van der Waals surface area contributed by atoms with Gasteiger partial charge in [-0.3, -0.25) is 0 Å². The lowest BCUT2D eigenvalue weighted by atomic mass is 10.2. The molecule has 0 bridgehead atoms. The van der Waals surface area contributed by atoms with Crippen molar-refractivity contribution in [2.24, 2.45) is 0 Å². The maximum absolute atomic E-state index is 11.9. The lowest BCUT2D eigenvalue weighted by Crippen LogP contribution is -2.02. The Morgan fingerprint density at radius 1 is 1.33 bits per heavy atom. The second kappa shape index (κ2) is 3.63. The molecule has 2 rings (SSSR count). The van der Waals surface area contributed by atoms with E-state index in [4.69, 9.17) is 16.7 Å². The topological polar surface area (TPSA) is 54.4 Å². The number of aliphatic hydroxyl groups excluding tert-OH is 1. The zero-order valence-electron chi connectivity index (χ0n) is 7.77. The first-order valence-electron chi connectivity index (χ1n) is 4.42. The molecule has 1 heterocycles. The maximum Gasteiger partial charge on any atom is 0.203 e. The van der Waals surface area contributed by atoms with Gasteiger partial charge in [0.2, 0.25) is 9.84 Å². The molecular formula is C10H9ClO3S. The standard InChI is InChI=1S/C10H9ClO3S/c11-9-2-1-3-10-8(9)6-7(4-5-12)15(10,13)14/h1-3,6,12H,4-5H2. The van der Waals surface area contributed by atoms with Crippen molar-refractivity contribution in [3.05, 3.63) is 33.7 Å². The summed E-state index contributed by atoms with van der Waals surface area (Å²) in [4.78, 5) is 0.464. The first-order chi connectivity index (χ1) is 7.07. The fourth-order valence-electron chi connectivity index (χ4n) is 1.59. The lowest BCUT2D eigenvalue weighted by molar-refractivity contribution is 0.301. The van der Waals surface area contributed by atoms with Crippen LogP contribution in [-0.4, -0.2) is 20.1 Å². The van der Waals surface area contributed by atoms with Gasteiger partial charge in [-0.25, -0.2) is 8.42 Å². The third kappa shape index (κ3) is 1.58. The fourth-order valence-corrected chi connectivity index (χ4v) is 3.50. The molecule has 1 aliphatic heterocycles. The maximum atomic E-state index is 11.9. The van der Waals surface area contributed by atoms with Crippen LogP contribution in [0.15, 0.2) is 28.0 Å². The Bertz CT molecular complexity index is 532. The van der Waals surface area contributed by atoms with Gasteiger partial charge in [-0.2, -0.15) is 0 Å². The minimum absolute atomic E-state index is 0.132. The first kappa shape index (κ1) is 10.7. The van der Waals surface area contributed by atoms with Crippen LogP contribution >= 0.6 is 11.6 Å². The van der Waals surface area contributed by atoms with Crippen LogP contribution in [0, 0.1) is 0 Å². The predicted molar refractivity (Wildman–Crippen MR) is 58.3 cm³/mol. The van der Waals surface area contributed by atoms with Crippen LogP contribution in [0.5, 0.6) is 0 Å². The molecule has 0 unspecified atom stereocenters. The Morgan fingerprint density at radius 3 is 2.67 bits per heavy atom. The summed E-state index contributed by atoms with van der Waals surface area (Å²) in [5.74, 6) is 0. The van der Waals surface area contributed by atoms with Crippen LogP contribution in [0.25, 0.3) is 6.08 Å². The average Bonchev–Trinajstić information content (AvgIpc) is 2.43. The number of fused-ring (bicyclic) bond motifs is 1. The summed E-state index contributed by atoms with van der Waals surface area (Å²) in [6.45, 7) is -0.184. The van der Waals surface area contributed by atoms with E-state index in [0.717, 1.165) is 0 Å². The van der Waals surface area contributed by atoms with Crippen LogP contribution < -0.4 is 0 Å². The highest BCUT2D eigenvalue weighted by Gasteiger charge is 2.29. The van der Waals surface area contributed by atoms with Crippen LogP contribution in [0.3, 0.4) is 0 Å². The minimum atomic E-state index is -3.41. The van der Waals surface area contributed by atoms with Crippen molar-refractivity contribution >= 4 is 27.5 Å². The Morgan fingerprint density at radius 2 is 2.07 bits per heavy atom. The zero-order chi connectivity index (χ0) is 11.1. The molecule has 0 amide bonds. The van der Waals surface area contributed by atoms with Gasteiger partial charge in [0.05, 0.1) is 9.80 Å². The molecule has 0 atom stereocenters. The summed E-state index contributed by atoms with van der Waals surface area (Å²) >= 11 is 5.89. The molecule has 0 saturated carbocycles. The number of hydrogen-bond donors (Lipinski definition) is 1. The normalized spacial score (nSPS) is 17.3. The van der Waals surface area contributed by atoms with Crippen molar-refractivity contribution in [1.29, 1.82) is 0 Å². The molecule has 0 spiro atoms. The van der Waals surface area contributed by atoms with Gasteiger partial charge in [0, 0.05) is 23.6 Å². The minimum Gasteiger partial charge on any atom is -0.396 e. The van der Waals surface area contributed by atoms with E-state index in [-0.39, 0.29) is 22.8 Å². The number of rotatable bonds is 2. The van der Waals surface area contributed by atoms with E-state index >= 15 is 0 Å². The summed E-state index contributed by atoms with van der Waals surface area (Å²) in [6.07, 6.45) is 1.66. The molecule has 3 nitrogen and oxygen atoms in total. The van der Waals surface area contributed by atoms with Gasteiger partial charge in [-0.1, -0.05) is 17.7 Å². The first-order valence-corrected chi connectivity index (χ1v) is 6.28. The second-order valence-corrected chi connectivity index (χ2v) is 5.62. The molecule has 15 heavy (non-hydrogen) atoms. The van der Waals surface area contributed by atoms with Crippen molar-refractivity contribution in [2.75, 3.05) is 6.61 Å². The van der Waals surface area contributed by atoms with Gasteiger partial charge in [0.15, 0.2) is 0 Å². The van der Waals surface area contributed by atoms with E-state index < -0.39 is 9.84 Å². The van der Waals surface area contributed by atoms with E-state index in [2.05, 4.69) is 0 Å². The molecule has 0 fully saturated rings. The summed E-state index contributed by atoms with van der Waals surface area (Å²) < 4.78 is 23.8. The van der Waals surface area contributed by atoms with E-state index in [0.29, 0.717) is 10.6 Å². The van der Waals surface area contributed by atoms with Crippen LogP contribution in [0.4, 0.5) is 0 Å². The predicted octanol–water partition coefficient (Wildman–Crippen LogP) is 1.85. The van der Waals surface area contributed by atoms with E-state index in [1.54, 1.807) is 12.1 Å². The van der Waals surface area contributed by atoms with Crippen molar-refractivity contribution in [3.63, 3.8) is 0 Å². The quantitative estimate of drug-likeness (QED) is 0.864.